The Morgan fingerprint density at radius 2 is 2.05 bits per heavy atom. The maximum Gasteiger partial charge on any atom is 0.244 e. The Labute approximate surface area is 125 Å². The van der Waals surface area contributed by atoms with Crippen LogP contribution in [-0.2, 0) is 4.74 Å². The molecule has 1 aromatic rings. The fourth-order valence-corrected chi connectivity index (χ4v) is 2.87. The lowest BCUT2D eigenvalue weighted by Crippen LogP contribution is -2.39. The van der Waals surface area contributed by atoms with Gasteiger partial charge in [-0.05, 0) is 12.8 Å². The summed E-state index contributed by atoms with van der Waals surface area (Å²) in [6.45, 7) is 5.56. The molecule has 0 unspecified atom stereocenters. The third kappa shape index (κ3) is 4.50. The van der Waals surface area contributed by atoms with E-state index < -0.39 is 0 Å². The van der Waals surface area contributed by atoms with Crippen LogP contribution in [0.15, 0.2) is 6.20 Å². The number of nitrogens with one attached hydrogen (secondary N) is 2. The molecule has 1 aromatic heterocycles. The third-order valence-electron chi connectivity index (χ3n) is 4.09. The molecule has 0 aromatic carbocycles. The smallest absolute Gasteiger partial charge is 0.244 e. The fraction of sp³-hybridized carbons (Fsp3) is 0.786. The molecule has 21 heavy (non-hydrogen) atoms. The van der Waals surface area contributed by atoms with Gasteiger partial charge in [0.2, 0.25) is 5.95 Å². The second-order valence-corrected chi connectivity index (χ2v) is 5.67. The number of rotatable bonds is 6. The molecule has 2 fully saturated rings. The quantitative estimate of drug-likeness (QED) is 0.809. The van der Waals surface area contributed by atoms with Crippen LogP contribution in [0, 0.1) is 0 Å². The van der Waals surface area contributed by atoms with Crippen molar-refractivity contribution >= 4 is 11.8 Å². The van der Waals surface area contributed by atoms with Gasteiger partial charge < -0.3 is 15.4 Å². The summed E-state index contributed by atoms with van der Waals surface area (Å²) in [6.07, 6.45) is 6.68. The van der Waals surface area contributed by atoms with Crippen molar-refractivity contribution in [1.29, 1.82) is 0 Å². The first kappa shape index (κ1) is 14.5. The lowest BCUT2D eigenvalue weighted by molar-refractivity contribution is 0.0398. The fourth-order valence-electron chi connectivity index (χ4n) is 2.87. The monoisotopic (exact) mass is 292 g/mol. The van der Waals surface area contributed by atoms with Crippen LogP contribution in [-0.4, -0.2) is 65.5 Å². The van der Waals surface area contributed by atoms with Crippen LogP contribution < -0.4 is 10.6 Å². The molecule has 1 aliphatic heterocycles. The first-order valence-electron chi connectivity index (χ1n) is 7.90. The van der Waals surface area contributed by atoms with Gasteiger partial charge in [-0.25, -0.2) is 0 Å². The molecule has 7 nitrogen and oxygen atoms in total. The van der Waals surface area contributed by atoms with E-state index in [1.165, 1.54) is 25.7 Å². The van der Waals surface area contributed by atoms with E-state index in [-0.39, 0.29) is 0 Å². The molecule has 7 heteroatoms. The normalized spacial score (nSPS) is 20.6. The van der Waals surface area contributed by atoms with Crippen molar-refractivity contribution in [2.75, 3.05) is 50.0 Å². The molecule has 2 N–H and O–H groups in total. The van der Waals surface area contributed by atoms with Crippen LogP contribution in [0.4, 0.5) is 11.8 Å². The van der Waals surface area contributed by atoms with Gasteiger partial charge in [-0.2, -0.15) is 10.1 Å². The van der Waals surface area contributed by atoms with E-state index in [4.69, 9.17) is 4.74 Å². The summed E-state index contributed by atoms with van der Waals surface area (Å²) in [5, 5.41) is 14.8. The first-order valence-corrected chi connectivity index (χ1v) is 7.90. The number of ether oxygens (including phenoxy) is 1. The Kier molecular flexibility index (Phi) is 5.18. The molecule has 1 saturated carbocycles. The molecule has 1 aliphatic carbocycles. The number of morpholine rings is 1. The van der Waals surface area contributed by atoms with Crippen molar-refractivity contribution in [2.45, 2.75) is 31.7 Å². The van der Waals surface area contributed by atoms with E-state index in [9.17, 15) is 0 Å². The van der Waals surface area contributed by atoms with Gasteiger partial charge in [0.1, 0.15) is 0 Å². The van der Waals surface area contributed by atoms with Crippen molar-refractivity contribution in [3.05, 3.63) is 6.20 Å². The van der Waals surface area contributed by atoms with Gasteiger partial charge in [-0.1, -0.05) is 12.8 Å². The molecule has 2 heterocycles. The summed E-state index contributed by atoms with van der Waals surface area (Å²) in [5.74, 6) is 1.43. The SMILES string of the molecule is c1nnc(NC2CCCC2)nc1NCCN1CCOCC1. The van der Waals surface area contributed by atoms with Gasteiger partial charge in [0, 0.05) is 32.2 Å². The number of anilines is 2. The summed E-state index contributed by atoms with van der Waals surface area (Å²) in [5.41, 5.74) is 0. The van der Waals surface area contributed by atoms with Crippen LogP contribution in [0.1, 0.15) is 25.7 Å². The molecule has 116 valence electrons. The molecular weight excluding hydrogens is 268 g/mol. The summed E-state index contributed by atoms with van der Waals surface area (Å²) in [7, 11) is 0. The van der Waals surface area contributed by atoms with E-state index in [0.29, 0.717) is 12.0 Å². The highest BCUT2D eigenvalue weighted by Crippen LogP contribution is 2.20. The highest BCUT2D eigenvalue weighted by Gasteiger charge is 2.16. The van der Waals surface area contributed by atoms with Crippen molar-refractivity contribution < 1.29 is 4.74 Å². The van der Waals surface area contributed by atoms with Crippen molar-refractivity contribution in [1.82, 2.24) is 20.1 Å². The van der Waals surface area contributed by atoms with Crippen molar-refractivity contribution in [3.63, 3.8) is 0 Å². The van der Waals surface area contributed by atoms with Crippen LogP contribution in [0.3, 0.4) is 0 Å². The number of hydrogen-bond donors (Lipinski definition) is 2. The van der Waals surface area contributed by atoms with Crippen LogP contribution in [0.5, 0.6) is 0 Å². The average molecular weight is 292 g/mol. The minimum atomic E-state index is 0.510. The highest BCUT2D eigenvalue weighted by atomic mass is 16.5. The van der Waals surface area contributed by atoms with E-state index in [1.807, 2.05) is 0 Å². The van der Waals surface area contributed by atoms with E-state index in [0.717, 1.165) is 45.2 Å². The van der Waals surface area contributed by atoms with Crippen LogP contribution in [0.25, 0.3) is 0 Å². The molecule has 0 radical (unpaired) electrons. The molecule has 0 bridgehead atoms. The zero-order valence-corrected chi connectivity index (χ0v) is 12.4. The summed E-state index contributed by atoms with van der Waals surface area (Å²) in [4.78, 5) is 6.87. The largest absolute Gasteiger partial charge is 0.379 e. The van der Waals surface area contributed by atoms with E-state index in [2.05, 4.69) is 30.7 Å². The second-order valence-electron chi connectivity index (χ2n) is 5.67. The topological polar surface area (TPSA) is 75.2 Å². The molecule has 0 atom stereocenters. The minimum absolute atomic E-state index is 0.510. The lowest BCUT2D eigenvalue weighted by atomic mass is 10.3. The van der Waals surface area contributed by atoms with Gasteiger partial charge in [0.05, 0.1) is 19.4 Å². The molecule has 0 spiro atoms. The third-order valence-corrected chi connectivity index (χ3v) is 4.09. The van der Waals surface area contributed by atoms with E-state index >= 15 is 0 Å². The van der Waals surface area contributed by atoms with Crippen molar-refractivity contribution in [2.24, 2.45) is 0 Å². The standard InChI is InChI=1S/C14H24N6O/c1-2-4-12(3-1)17-14-18-13(11-16-19-14)15-5-6-20-7-9-21-10-8-20/h11-12H,1-10H2,(H2,15,17,18,19). The summed E-state index contributed by atoms with van der Waals surface area (Å²) >= 11 is 0. The Morgan fingerprint density at radius 1 is 1.24 bits per heavy atom. The van der Waals surface area contributed by atoms with Gasteiger partial charge in [-0.15, -0.1) is 5.10 Å². The maximum atomic E-state index is 5.34. The highest BCUT2D eigenvalue weighted by molar-refractivity contribution is 5.37. The van der Waals surface area contributed by atoms with Crippen LogP contribution in [0.2, 0.25) is 0 Å². The maximum absolute atomic E-state index is 5.34. The molecular formula is C14H24N6O. The summed E-state index contributed by atoms with van der Waals surface area (Å²) < 4.78 is 5.34. The Morgan fingerprint density at radius 3 is 2.86 bits per heavy atom. The number of hydrogen-bond acceptors (Lipinski definition) is 7. The Bertz CT molecular complexity index is 431. The zero-order valence-electron chi connectivity index (χ0n) is 12.4. The number of aromatic nitrogens is 3. The predicted molar refractivity (Wildman–Crippen MR) is 81.5 cm³/mol. The lowest BCUT2D eigenvalue weighted by Gasteiger charge is -2.26. The summed E-state index contributed by atoms with van der Waals surface area (Å²) in [6, 6.07) is 0.510. The molecule has 3 rings (SSSR count). The van der Waals surface area contributed by atoms with Crippen LogP contribution >= 0.6 is 0 Å². The Hall–Kier alpha value is -1.47. The van der Waals surface area contributed by atoms with Gasteiger partial charge in [0.25, 0.3) is 0 Å². The average Bonchev–Trinajstić information content (AvgIpc) is 3.02. The molecule has 2 aliphatic rings. The zero-order chi connectivity index (χ0) is 14.3. The van der Waals surface area contributed by atoms with E-state index in [1.54, 1.807) is 6.20 Å². The molecule has 0 amide bonds. The Balaban J connectivity index is 1.44. The first-order chi connectivity index (χ1) is 10.4. The van der Waals surface area contributed by atoms with Gasteiger partial charge >= 0.3 is 0 Å². The predicted octanol–water partition coefficient (Wildman–Crippen LogP) is 0.970. The van der Waals surface area contributed by atoms with Gasteiger partial charge in [-0.3, -0.25) is 4.90 Å². The van der Waals surface area contributed by atoms with Crippen molar-refractivity contribution in [3.8, 4) is 0 Å². The second kappa shape index (κ2) is 7.51. The molecule has 1 saturated heterocycles. The number of nitrogens with zero attached hydrogens (tertiary/aromatic N) is 4. The van der Waals surface area contributed by atoms with Gasteiger partial charge in [0.15, 0.2) is 5.82 Å². The minimum Gasteiger partial charge on any atom is -0.379 e.